The second-order valence-corrected chi connectivity index (χ2v) is 7.08. The van der Waals surface area contributed by atoms with Crippen LogP contribution in [0.2, 0.25) is 0 Å². The average Bonchev–Trinajstić information content (AvgIpc) is 2.58. The van der Waals surface area contributed by atoms with E-state index in [4.69, 9.17) is 0 Å². The molecule has 0 unspecified atom stereocenters. The highest BCUT2D eigenvalue weighted by atomic mass is 15.3. The SMILES string of the molecule is Cc1nnc(Nc2ccc(C[C@@H](C/C=C/C(C)C)NC(C)C)cn2)nn1. The predicted molar refractivity (Wildman–Crippen MR) is 104 cm³/mol. The summed E-state index contributed by atoms with van der Waals surface area (Å²) in [6, 6.07) is 4.83. The third-order valence-corrected chi connectivity index (χ3v) is 3.64. The van der Waals surface area contributed by atoms with Crippen LogP contribution >= 0.6 is 0 Å². The highest BCUT2D eigenvalue weighted by Crippen LogP contribution is 2.12. The van der Waals surface area contributed by atoms with Gasteiger partial charge in [0.25, 0.3) is 5.95 Å². The minimum Gasteiger partial charge on any atom is -0.311 e. The number of pyridine rings is 1. The molecule has 0 saturated heterocycles. The molecule has 7 heteroatoms. The third-order valence-electron chi connectivity index (χ3n) is 3.64. The van der Waals surface area contributed by atoms with Gasteiger partial charge in [0.1, 0.15) is 5.82 Å². The van der Waals surface area contributed by atoms with Gasteiger partial charge in [-0.1, -0.05) is 45.9 Å². The Kier molecular flexibility index (Phi) is 7.59. The summed E-state index contributed by atoms with van der Waals surface area (Å²) in [4.78, 5) is 4.44. The minimum atomic E-state index is 0.342. The Morgan fingerprint density at radius 3 is 2.35 bits per heavy atom. The van der Waals surface area contributed by atoms with Gasteiger partial charge in [0.05, 0.1) is 0 Å². The number of rotatable bonds is 9. The molecule has 0 spiro atoms. The first kappa shape index (κ1) is 19.9. The zero-order valence-electron chi connectivity index (χ0n) is 16.3. The van der Waals surface area contributed by atoms with Crippen molar-refractivity contribution in [3.05, 3.63) is 41.9 Å². The van der Waals surface area contributed by atoms with Gasteiger partial charge in [0.2, 0.25) is 0 Å². The van der Waals surface area contributed by atoms with Crippen molar-refractivity contribution in [2.75, 3.05) is 5.32 Å². The maximum Gasteiger partial charge on any atom is 0.267 e. The van der Waals surface area contributed by atoms with Crippen molar-refractivity contribution in [3.8, 4) is 0 Å². The number of nitrogens with zero attached hydrogens (tertiary/aromatic N) is 5. The Bertz CT molecular complexity index is 678. The van der Waals surface area contributed by atoms with E-state index in [2.05, 4.69) is 81.9 Å². The van der Waals surface area contributed by atoms with Crippen LogP contribution in [-0.2, 0) is 6.42 Å². The molecule has 2 aromatic heterocycles. The van der Waals surface area contributed by atoms with E-state index in [-0.39, 0.29) is 0 Å². The summed E-state index contributed by atoms with van der Waals surface area (Å²) in [6.45, 7) is 10.5. The molecule has 2 N–H and O–H groups in total. The van der Waals surface area contributed by atoms with E-state index < -0.39 is 0 Å². The molecule has 2 heterocycles. The molecule has 26 heavy (non-hydrogen) atoms. The second-order valence-electron chi connectivity index (χ2n) is 7.08. The maximum absolute atomic E-state index is 4.44. The van der Waals surface area contributed by atoms with Crippen LogP contribution in [0.15, 0.2) is 30.5 Å². The van der Waals surface area contributed by atoms with Crippen molar-refractivity contribution in [1.29, 1.82) is 0 Å². The number of allylic oxidation sites excluding steroid dienone is 1. The van der Waals surface area contributed by atoms with Crippen LogP contribution in [0.3, 0.4) is 0 Å². The minimum absolute atomic E-state index is 0.342. The van der Waals surface area contributed by atoms with Crippen LogP contribution < -0.4 is 10.6 Å². The summed E-state index contributed by atoms with van der Waals surface area (Å²) in [5, 5.41) is 22.2. The van der Waals surface area contributed by atoms with E-state index in [0.29, 0.717) is 35.6 Å². The smallest absolute Gasteiger partial charge is 0.267 e. The average molecular weight is 355 g/mol. The van der Waals surface area contributed by atoms with E-state index in [0.717, 1.165) is 12.8 Å². The van der Waals surface area contributed by atoms with Gasteiger partial charge in [-0.05, 0) is 37.3 Å². The summed E-state index contributed by atoms with van der Waals surface area (Å²) in [7, 11) is 0. The molecule has 0 aliphatic heterocycles. The quantitative estimate of drug-likeness (QED) is 0.668. The lowest BCUT2D eigenvalue weighted by atomic mass is 10.0. The lowest BCUT2D eigenvalue weighted by Crippen LogP contribution is -2.36. The first-order valence-electron chi connectivity index (χ1n) is 9.11. The fraction of sp³-hybridized carbons (Fsp3) is 0.526. The number of nitrogens with one attached hydrogen (secondary N) is 2. The highest BCUT2D eigenvalue weighted by Gasteiger charge is 2.10. The van der Waals surface area contributed by atoms with E-state index in [9.17, 15) is 0 Å². The molecule has 0 fully saturated rings. The van der Waals surface area contributed by atoms with Gasteiger partial charge in [-0.25, -0.2) is 4.98 Å². The third kappa shape index (κ3) is 7.23. The molecular formula is C19H29N7. The van der Waals surface area contributed by atoms with E-state index in [1.54, 1.807) is 6.92 Å². The predicted octanol–water partition coefficient (Wildman–Crippen LogP) is 3.23. The highest BCUT2D eigenvalue weighted by molar-refractivity contribution is 5.46. The van der Waals surface area contributed by atoms with Crippen LogP contribution in [0.1, 0.15) is 45.5 Å². The first-order valence-corrected chi connectivity index (χ1v) is 9.11. The van der Waals surface area contributed by atoms with Gasteiger partial charge in [-0.15, -0.1) is 20.4 Å². The molecule has 0 aromatic carbocycles. The molecule has 0 radical (unpaired) electrons. The fourth-order valence-corrected chi connectivity index (χ4v) is 2.54. The molecule has 2 rings (SSSR count). The number of aromatic nitrogens is 5. The lowest BCUT2D eigenvalue weighted by Gasteiger charge is -2.20. The van der Waals surface area contributed by atoms with Gasteiger partial charge >= 0.3 is 0 Å². The Morgan fingerprint density at radius 2 is 1.77 bits per heavy atom. The summed E-state index contributed by atoms with van der Waals surface area (Å²) >= 11 is 0. The largest absolute Gasteiger partial charge is 0.311 e. The lowest BCUT2D eigenvalue weighted by molar-refractivity contribution is 0.461. The Hall–Kier alpha value is -2.41. The molecule has 0 aliphatic rings. The van der Waals surface area contributed by atoms with Crippen molar-refractivity contribution < 1.29 is 0 Å². The van der Waals surface area contributed by atoms with Crippen molar-refractivity contribution >= 4 is 11.8 Å². The molecule has 7 nitrogen and oxygen atoms in total. The zero-order valence-corrected chi connectivity index (χ0v) is 16.3. The molecule has 1 atom stereocenters. The standard InChI is InChI=1S/C19H29N7/c1-13(2)7-6-8-17(21-14(3)4)11-16-9-10-18(20-12-16)22-19-25-23-15(5)24-26-19/h6-7,9-10,12-14,17,21H,8,11H2,1-5H3,(H,20,22,25,26)/b7-6+/t17-/m1/s1. The molecule has 0 saturated carbocycles. The van der Waals surface area contributed by atoms with Crippen LogP contribution in [-0.4, -0.2) is 37.5 Å². The maximum atomic E-state index is 4.44. The first-order chi connectivity index (χ1) is 12.4. The Labute approximate surface area is 155 Å². The van der Waals surface area contributed by atoms with Gasteiger partial charge in [-0.3, -0.25) is 0 Å². The fourth-order valence-electron chi connectivity index (χ4n) is 2.54. The van der Waals surface area contributed by atoms with Gasteiger partial charge < -0.3 is 10.6 Å². The molecule has 0 aliphatic carbocycles. The molecular weight excluding hydrogens is 326 g/mol. The van der Waals surface area contributed by atoms with Crippen LogP contribution in [0.25, 0.3) is 0 Å². The number of aryl methyl sites for hydroxylation is 1. The van der Waals surface area contributed by atoms with Crippen molar-refractivity contribution in [1.82, 2.24) is 30.7 Å². The van der Waals surface area contributed by atoms with Gasteiger partial charge in [0.15, 0.2) is 5.82 Å². The van der Waals surface area contributed by atoms with Gasteiger partial charge in [-0.2, -0.15) is 0 Å². The molecule has 0 bridgehead atoms. The summed E-state index contributed by atoms with van der Waals surface area (Å²) in [6.07, 6.45) is 8.34. The van der Waals surface area contributed by atoms with E-state index in [1.165, 1.54) is 5.56 Å². The Morgan fingerprint density at radius 1 is 1.04 bits per heavy atom. The number of hydrogen-bond donors (Lipinski definition) is 2. The van der Waals surface area contributed by atoms with Crippen LogP contribution in [0.4, 0.5) is 11.8 Å². The van der Waals surface area contributed by atoms with Crippen molar-refractivity contribution in [2.45, 2.75) is 59.5 Å². The number of anilines is 2. The molecule has 0 amide bonds. The van der Waals surface area contributed by atoms with Crippen LogP contribution in [0.5, 0.6) is 0 Å². The Balaban J connectivity index is 1.96. The summed E-state index contributed by atoms with van der Waals surface area (Å²) in [5.74, 6) is 2.13. The second kappa shape index (κ2) is 9.91. The zero-order chi connectivity index (χ0) is 18.9. The molecule has 140 valence electrons. The topological polar surface area (TPSA) is 88.5 Å². The molecule has 2 aromatic rings. The monoisotopic (exact) mass is 355 g/mol. The van der Waals surface area contributed by atoms with E-state index >= 15 is 0 Å². The van der Waals surface area contributed by atoms with E-state index in [1.807, 2.05) is 12.3 Å². The number of hydrogen-bond acceptors (Lipinski definition) is 7. The van der Waals surface area contributed by atoms with Crippen molar-refractivity contribution in [3.63, 3.8) is 0 Å². The van der Waals surface area contributed by atoms with Crippen LogP contribution in [0, 0.1) is 12.8 Å². The summed E-state index contributed by atoms with van der Waals surface area (Å²) < 4.78 is 0. The normalized spacial score (nSPS) is 12.9. The summed E-state index contributed by atoms with van der Waals surface area (Å²) in [5.41, 5.74) is 1.19. The van der Waals surface area contributed by atoms with Crippen molar-refractivity contribution in [2.24, 2.45) is 5.92 Å². The van der Waals surface area contributed by atoms with Gasteiger partial charge in [0, 0.05) is 18.3 Å².